The molecule has 0 saturated carbocycles. The molecule has 6 nitrogen and oxygen atoms in total. The van der Waals surface area contributed by atoms with Crippen LogP contribution in [0.4, 0.5) is 0 Å². The average Bonchev–Trinajstić information content (AvgIpc) is 3.30. The number of para-hydroxylation sites is 1. The Balaban J connectivity index is 1.46. The number of fused-ring (bicyclic) bond motifs is 3. The summed E-state index contributed by atoms with van der Waals surface area (Å²) in [5.74, 6) is 1.32. The number of aryl methyl sites for hydroxylation is 1. The Kier molecular flexibility index (Phi) is 6.24. The van der Waals surface area contributed by atoms with Gasteiger partial charge in [0.15, 0.2) is 5.16 Å². The Hall–Kier alpha value is -3.42. The maximum absolute atomic E-state index is 13.1. The molecule has 0 bridgehead atoms. The molecule has 0 saturated heterocycles. The van der Waals surface area contributed by atoms with Crippen LogP contribution in [0.3, 0.4) is 0 Å². The van der Waals surface area contributed by atoms with E-state index in [2.05, 4.69) is 58.7 Å². The summed E-state index contributed by atoms with van der Waals surface area (Å²) in [7, 11) is 1.66. The highest BCUT2D eigenvalue weighted by atomic mass is 32.2. The van der Waals surface area contributed by atoms with Crippen LogP contribution in [0.5, 0.6) is 0 Å². The van der Waals surface area contributed by atoms with Gasteiger partial charge in [-0.05, 0) is 35.2 Å². The summed E-state index contributed by atoms with van der Waals surface area (Å²) in [6, 6.07) is 26.6. The number of hydrogen-bond donors (Lipinski definition) is 0. The topological polar surface area (TPSA) is 61.4 Å². The molecule has 2 aromatic heterocycles. The van der Waals surface area contributed by atoms with Gasteiger partial charge >= 0.3 is 0 Å². The fourth-order valence-corrected chi connectivity index (χ4v) is 4.86. The van der Waals surface area contributed by atoms with Gasteiger partial charge in [0.1, 0.15) is 0 Å². The molecule has 7 heteroatoms. The van der Waals surface area contributed by atoms with Crippen LogP contribution in [-0.4, -0.2) is 32.9 Å². The molecule has 0 unspecified atom stereocenters. The van der Waals surface area contributed by atoms with Gasteiger partial charge in [0.25, 0.3) is 5.56 Å². The molecule has 0 atom stereocenters. The maximum atomic E-state index is 13.1. The molecule has 0 radical (unpaired) electrons. The van der Waals surface area contributed by atoms with E-state index in [1.165, 1.54) is 16.7 Å². The molecule has 5 rings (SSSR count). The highest BCUT2D eigenvalue weighted by molar-refractivity contribution is 7.98. The van der Waals surface area contributed by atoms with Crippen molar-refractivity contribution in [3.05, 3.63) is 94.8 Å². The van der Waals surface area contributed by atoms with E-state index in [-0.39, 0.29) is 5.56 Å². The lowest BCUT2D eigenvalue weighted by Crippen LogP contribution is -2.24. The van der Waals surface area contributed by atoms with Crippen LogP contribution >= 0.6 is 11.8 Å². The SMILES string of the molecule is COCCCn1c(=O)c2ccccc2n2c(SCc3ccc(-c4ccccc4)cc3)nnc12. The van der Waals surface area contributed by atoms with Gasteiger partial charge in [-0.1, -0.05) is 78.5 Å². The monoisotopic (exact) mass is 456 g/mol. The van der Waals surface area contributed by atoms with Crippen molar-refractivity contribution < 1.29 is 4.74 Å². The van der Waals surface area contributed by atoms with Crippen LogP contribution in [0.15, 0.2) is 88.8 Å². The predicted molar refractivity (Wildman–Crippen MR) is 133 cm³/mol. The first-order chi connectivity index (χ1) is 16.3. The summed E-state index contributed by atoms with van der Waals surface area (Å²) in [5, 5.41) is 10.3. The number of benzene rings is 3. The van der Waals surface area contributed by atoms with E-state index in [1.54, 1.807) is 23.4 Å². The Morgan fingerprint density at radius 1 is 0.879 bits per heavy atom. The zero-order valence-corrected chi connectivity index (χ0v) is 19.2. The highest BCUT2D eigenvalue weighted by Crippen LogP contribution is 2.26. The summed E-state index contributed by atoms with van der Waals surface area (Å²) in [5.41, 5.74) is 4.39. The Bertz CT molecular complexity index is 1440. The van der Waals surface area contributed by atoms with Crippen LogP contribution in [0, 0.1) is 0 Å². The zero-order valence-electron chi connectivity index (χ0n) is 18.3. The molecule has 3 aromatic carbocycles. The van der Waals surface area contributed by atoms with Gasteiger partial charge in [0.05, 0.1) is 10.9 Å². The second-order valence-electron chi connectivity index (χ2n) is 7.79. The summed E-state index contributed by atoms with van der Waals surface area (Å²) in [4.78, 5) is 13.1. The van der Waals surface area contributed by atoms with E-state index in [9.17, 15) is 4.79 Å². The van der Waals surface area contributed by atoms with Crippen LogP contribution in [-0.2, 0) is 17.0 Å². The molecule has 0 spiro atoms. The molecule has 5 aromatic rings. The van der Waals surface area contributed by atoms with Crippen LogP contribution in [0.1, 0.15) is 12.0 Å². The van der Waals surface area contributed by atoms with Crippen molar-refractivity contribution in [1.29, 1.82) is 0 Å². The van der Waals surface area contributed by atoms with E-state index in [0.717, 1.165) is 22.8 Å². The standard InChI is InChI=1S/C26H24N4O2S/c1-32-17-7-16-29-24(31)22-10-5-6-11-23(22)30-25(29)27-28-26(30)33-18-19-12-14-21(15-13-19)20-8-3-2-4-9-20/h2-6,8-15H,7,16-18H2,1H3. The fourth-order valence-electron chi connectivity index (χ4n) is 3.97. The number of rotatable bonds is 8. The van der Waals surface area contributed by atoms with Crippen LogP contribution in [0.25, 0.3) is 27.8 Å². The highest BCUT2D eigenvalue weighted by Gasteiger charge is 2.16. The summed E-state index contributed by atoms with van der Waals surface area (Å²) >= 11 is 1.62. The van der Waals surface area contributed by atoms with Gasteiger partial charge in [-0.3, -0.25) is 13.8 Å². The number of nitrogens with zero attached hydrogens (tertiary/aromatic N) is 4. The Morgan fingerprint density at radius 3 is 2.39 bits per heavy atom. The molecule has 0 N–H and O–H groups in total. The Labute approximate surface area is 195 Å². The van der Waals surface area contributed by atoms with Crippen molar-refractivity contribution in [3.8, 4) is 11.1 Å². The predicted octanol–water partition coefficient (Wildman–Crippen LogP) is 5.04. The second-order valence-corrected chi connectivity index (χ2v) is 8.73. The third-order valence-electron chi connectivity index (χ3n) is 5.64. The van der Waals surface area contributed by atoms with Gasteiger partial charge < -0.3 is 4.74 Å². The largest absolute Gasteiger partial charge is 0.385 e. The van der Waals surface area contributed by atoms with E-state index in [1.807, 2.05) is 34.7 Å². The molecule has 2 heterocycles. The lowest BCUT2D eigenvalue weighted by atomic mass is 10.0. The van der Waals surface area contributed by atoms with Crippen LogP contribution in [0.2, 0.25) is 0 Å². The average molecular weight is 457 g/mol. The Morgan fingerprint density at radius 2 is 1.61 bits per heavy atom. The van der Waals surface area contributed by atoms with Gasteiger partial charge in [0.2, 0.25) is 5.78 Å². The normalized spacial score (nSPS) is 11.4. The van der Waals surface area contributed by atoms with Crippen molar-refractivity contribution in [1.82, 2.24) is 19.2 Å². The van der Waals surface area contributed by atoms with Crippen molar-refractivity contribution >= 4 is 28.4 Å². The zero-order chi connectivity index (χ0) is 22.6. The third kappa shape index (κ3) is 4.29. The van der Waals surface area contributed by atoms with E-state index in [4.69, 9.17) is 4.74 Å². The first-order valence-corrected chi connectivity index (χ1v) is 11.9. The molecule has 0 amide bonds. The number of hydrogen-bond acceptors (Lipinski definition) is 5. The van der Waals surface area contributed by atoms with E-state index < -0.39 is 0 Å². The molecule has 166 valence electrons. The smallest absolute Gasteiger partial charge is 0.262 e. The van der Waals surface area contributed by atoms with Crippen molar-refractivity contribution in [2.45, 2.75) is 23.9 Å². The van der Waals surface area contributed by atoms with Crippen molar-refractivity contribution in [3.63, 3.8) is 0 Å². The summed E-state index contributed by atoms with van der Waals surface area (Å²) < 4.78 is 8.86. The minimum atomic E-state index is -0.0466. The number of thioether (sulfide) groups is 1. The minimum Gasteiger partial charge on any atom is -0.385 e. The molecule has 33 heavy (non-hydrogen) atoms. The second kappa shape index (κ2) is 9.60. The number of methoxy groups -OCH3 is 1. The van der Waals surface area contributed by atoms with Crippen molar-refractivity contribution in [2.75, 3.05) is 13.7 Å². The number of aromatic nitrogens is 4. The van der Waals surface area contributed by atoms with Gasteiger partial charge in [0, 0.05) is 26.0 Å². The van der Waals surface area contributed by atoms with E-state index >= 15 is 0 Å². The number of ether oxygens (including phenoxy) is 1. The maximum Gasteiger partial charge on any atom is 0.262 e. The van der Waals surface area contributed by atoms with Gasteiger partial charge in [-0.15, -0.1) is 10.2 Å². The first kappa shape index (κ1) is 21.4. The first-order valence-electron chi connectivity index (χ1n) is 10.9. The van der Waals surface area contributed by atoms with Crippen LogP contribution < -0.4 is 5.56 Å². The van der Waals surface area contributed by atoms with E-state index in [0.29, 0.717) is 24.3 Å². The molecule has 0 aliphatic rings. The minimum absolute atomic E-state index is 0.0466. The lowest BCUT2D eigenvalue weighted by molar-refractivity contribution is 0.190. The molecule has 0 aliphatic carbocycles. The summed E-state index contributed by atoms with van der Waals surface area (Å²) in [6.45, 7) is 1.12. The summed E-state index contributed by atoms with van der Waals surface area (Å²) in [6.07, 6.45) is 0.730. The molecular formula is C26H24N4O2S. The fraction of sp³-hybridized carbons (Fsp3) is 0.192. The van der Waals surface area contributed by atoms with Gasteiger partial charge in [-0.2, -0.15) is 0 Å². The molecule has 0 fully saturated rings. The van der Waals surface area contributed by atoms with Crippen molar-refractivity contribution in [2.24, 2.45) is 0 Å². The quantitative estimate of drug-likeness (QED) is 0.242. The molecular weight excluding hydrogens is 432 g/mol. The molecule has 0 aliphatic heterocycles. The lowest BCUT2D eigenvalue weighted by Gasteiger charge is -2.11. The third-order valence-corrected chi connectivity index (χ3v) is 6.64. The van der Waals surface area contributed by atoms with Gasteiger partial charge in [-0.25, -0.2) is 0 Å².